The van der Waals surface area contributed by atoms with Crippen molar-refractivity contribution in [2.24, 2.45) is 0 Å². The summed E-state index contributed by atoms with van der Waals surface area (Å²) in [5.74, 6) is -2.02. The van der Waals surface area contributed by atoms with Crippen LogP contribution in [0.3, 0.4) is 0 Å². The molecular formula is C28H30BrN3O7S. The average Bonchev–Trinajstić information content (AvgIpc) is 2.92. The number of hydrogen-bond donors (Lipinski definition) is 3. The number of amides is 1. The molecule has 2 atom stereocenters. The summed E-state index contributed by atoms with van der Waals surface area (Å²) in [7, 11) is -4.19. The van der Waals surface area contributed by atoms with Gasteiger partial charge in [-0.25, -0.2) is 8.42 Å². The van der Waals surface area contributed by atoms with Gasteiger partial charge in [0.1, 0.15) is 6.04 Å². The van der Waals surface area contributed by atoms with Gasteiger partial charge < -0.3 is 10.4 Å². The Bertz CT molecular complexity index is 1430. The van der Waals surface area contributed by atoms with Crippen molar-refractivity contribution in [2.45, 2.75) is 49.5 Å². The third kappa shape index (κ3) is 8.70. The van der Waals surface area contributed by atoms with Gasteiger partial charge in [0.05, 0.1) is 9.82 Å². The van der Waals surface area contributed by atoms with Crippen molar-refractivity contribution in [3.05, 3.63) is 92.9 Å². The number of rotatable bonds is 14. The fourth-order valence-electron chi connectivity index (χ4n) is 4.20. The summed E-state index contributed by atoms with van der Waals surface area (Å²) in [6.07, 6.45) is 1.19. The van der Waals surface area contributed by atoms with Crippen LogP contribution in [-0.4, -0.2) is 42.9 Å². The molecule has 3 rings (SSSR count). The van der Waals surface area contributed by atoms with E-state index in [0.29, 0.717) is 24.8 Å². The normalized spacial score (nSPS) is 12.8. The van der Waals surface area contributed by atoms with Crippen molar-refractivity contribution >= 4 is 43.5 Å². The van der Waals surface area contributed by atoms with E-state index in [-0.39, 0.29) is 29.5 Å². The topological polar surface area (TPSA) is 156 Å². The molecule has 2 unspecified atom stereocenters. The lowest BCUT2D eigenvalue weighted by atomic mass is 9.89. The molecule has 0 heterocycles. The Morgan fingerprint density at radius 2 is 1.55 bits per heavy atom. The minimum atomic E-state index is -4.19. The monoisotopic (exact) mass is 631 g/mol. The number of aliphatic carboxylic acids is 1. The first-order valence-corrected chi connectivity index (χ1v) is 14.9. The van der Waals surface area contributed by atoms with Crippen LogP contribution in [0.5, 0.6) is 0 Å². The summed E-state index contributed by atoms with van der Waals surface area (Å²) in [6.45, 7) is 2.11. The molecule has 0 aliphatic heterocycles. The molecule has 0 saturated heterocycles. The first kappa shape index (κ1) is 30.9. The highest BCUT2D eigenvalue weighted by molar-refractivity contribution is 9.10. The van der Waals surface area contributed by atoms with Crippen LogP contribution in [0.2, 0.25) is 0 Å². The second-order valence-corrected chi connectivity index (χ2v) is 11.8. The van der Waals surface area contributed by atoms with Gasteiger partial charge >= 0.3 is 5.97 Å². The van der Waals surface area contributed by atoms with E-state index in [2.05, 4.69) is 26.0 Å². The second kappa shape index (κ2) is 14.1. The van der Waals surface area contributed by atoms with Crippen LogP contribution in [0.15, 0.2) is 82.2 Å². The Labute approximate surface area is 241 Å². The molecule has 40 heavy (non-hydrogen) atoms. The smallest absolute Gasteiger partial charge is 0.321 e. The van der Waals surface area contributed by atoms with Crippen LogP contribution in [0.4, 0.5) is 5.69 Å². The number of carbonyl (C=O) groups excluding carboxylic acids is 1. The highest BCUT2D eigenvalue weighted by Crippen LogP contribution is 2.28. The summed E-state index contributed by atoms with van der Waals surface area (Å²) in [4.78, 5) is 34.5. The maximum absolute atomic E-state index is 13.1. The molecule has 212 valence electrons. The van der Waals surface area contributed by atoms with Gasteiger partial charge in [0.2, 0.25) is 15.9 Å². The Balaban J connectivity index is 1.80. The van der Waals surface area contributed by atoms with Gasteiger partial charge in [0, 0.05) is 29.6 Å². The maximum Gasteiger partial charge on any atom is 0.321 e. The molecule has 3 aromatic rings. The fraction of sp³-hybridized carbons (Fsp3) is 0.286. The van der Waals surface area contributed by atoms with E-state index in [1.54, 1.807) is 12.1 Å². The van der Waals surface area contributed by atoms with Crippen LogP contribution < -0.4 is 10.0 Å². The van der Waals surface area contributed by atoms with Crippen molar-refractivity contribution in [3.63, 3.8) is 0 Å². The number of nitrogens with zero attached hydrogens (tertiary/aromatic N) is 1. The number of benzene rings is 3. The highest BCUT2D eigenvalue weighted by atomic mass is 79.9. The standard InChI is InChI=1S/C28H30BrN3O7S/c1-2-3-27(33)30-17-16-22(21-6-12-24(13-7-21)32(36)37)18-26(28(34)35)31-40(38,39)25-14-8-20(9-15-25)19-4-10-23(29)11-5-19/h4-15,22,26,31H,2-3,16-18H2,1H3,(H,30,33)(H,34,35). The number of nitro groups is 1. The lowest BCUT2D eigenvalue weighted by Crippen LogP contribution is -2.42. The molecule has 0 radical (unpaired) electrons. The largest absolute Gasteiger partial charge is 0.480 e. The van der Waals surface area contributed by atoms with Gasteiger partial charge in [-0.2, -0.15) is 4.72 Å². The summed E-state index contributed by atoms with van der Waals surface area (Å²) in [6, 6.07) is 17.8. The zero-order valence-electron chi connectivity index (χ0n) is 21.7. The van der Waals surface area contributed by atoms with E-state index in [0.717, 1.165) is 15.6 Å². The average molecular weight is 633 g/mol. The van der Waals surface area contributed by atoms with Gasteiger partial charge in [-0.3, -0.25) is 19.7 Å². The van der Waals surface area contributed by atoms with Crippen molar-refractivity contribution in [1.82, 2.24) is 10.0 Å². The lowest BCUT2D eigenvalue weighted by molar-refractivity contribution is -0.384. The SMILES string of the molecule is CCCC(=O)NCCC(CC(NS(=O)(=O)c1ccc(-c2ccc(Br)cc2)cc1)C(=O)O)c1ccc([N+](=O)[O-])cc1. The zero-order valence-corrected chi connectivity index (χ0v) is 24.2. The summed E-state index contributed by atoms with van der Waals surface area (Å²) < 4.78 is 29.5. The number of carbonyl (C=O) groups is 2. The van der Waals surface area contributed by atoms with Crippen LogP contribution >= 0.6 is 15.9 Å². The number of non-ortho nitro benzene ring substituents is 1. The molecule has 3 aromatic carbocycles. The van der Waals surface area contributed by atoms with E-state index in [1.165, 1.54) is 36.4 Å². The zero-order chi connectivity index (χ0) is 29.3. The van der Waals surface area contributed by atoms with Crippen molar-refractivity contribution in [3.8, 4) is 11.1 Å². The lowest BCUT2D eigenvalue weighted by Gasteiger charge is -2.23. The van der Waals surface area contributed by atoms with E-state index in [1.807, 2.05) is 31.2 Å². The highest BCUT2D eigenvalue weighted by Gasteiger charge is 2.29. The molecule has 0 aliphatic carbocycles. The van der Waals surface area contributed by atoms with Gasteiger partial charge in [0.25, 0.3) is 5.69 Å². The molecule has 0 spiro atoms. The number of sulfonamides is 1. The Kier molecular flexibility index (Phi) is 10.9. The van der Waals surface area contributed by atoms with Crippen molar-refractivity contribution in [2.75, 3.05) is 6.54 Å². The van der Waals surface area contributed by atoms with Crippen LogP contribution in [0.1, 0.15) is 44.1 Å². The quantitative estimate of drug-likeness (QED) is 0.162. The predicted molar refractivity (Wildman–Crippen MR) is 154 cm³/mol. The van der Waals surface area contributed by atoms with Crippen molar-refractivity contribution in [1.29, 1.82) is 0 Å². The minimum absolute atomic E-state index is 0.0849. The summed E-state index contributed by atoms with van der Waals surface area (Å²) in [5.41, 5.74) is 2.16. The minimum Gasteiger partial charge on any atom is -0.480 e. The van der Waals surface area contributed by atoms with E-state index < -0.39 is 32.9 Å². The van der Waals surface area contributed by atoms with E-state index >= 15 is 0 Å². The van der Waals surface area contributed by atoms with E-state index in [4.69, 9.17) is 0 Å². The first-order valence-electron chi connectivity index (χ1n) is 12.6. The number of nitro benzene ring substituents is 1. The number of carboxylic acids is 1. The molecule has 0 aliphatic rings. The summed E-state index contributed by atoms with van der Waals surface area (Å²) >= 11 is 3.38. The molecule has 12 heteroatoms. The first-order chi connectivity index (χ1) is 19.0. The number of halogens is 1. The molecule has 0 bridgehead atoms. The molecule has 10 nitrogen and oxygen atoms in total. The molecule has 1 amide bonds. The molecule has 0 aromatic heterocycles. The molecule has 0 fully saturated rings. The Morgan fingerprint density at radius 3 is 2.08 bits per heavy atom. The molecule has 0 saturated carbocycles. The maximum atomic E-state index is 13.1. The third-order valence-corrected chi connectivity index (χ3v) is 8.34. The van der Waals surface area contributed by atoms with Gasteiger partial charge in [-0.1, -0.05) is 59.3 Å². The molecule has 3 N–H and O–H groups in total. The number of nitrogens with one attached hydrogen (secondary N) is 2. The predicted octanol–water partition coefficient (Wildman–Crippen LogP) is 5.24. The van der Waals surface area contributed by atoms with E-state index in [9.17, 15) is 33.2 Å². The third-order valence-electron chi connectivity index (χ3n) is 6.33. The number of carboxylic acid groups (broad SMARTS) is 1. The van der Waals surface area contributed by atoms with Crippen molar-refractivity contribution < 1.29 is 28.0 Å². The van der Waals surface area contributed by atoms with Crippen LogP contribution in [0, 0.1) is 10.1 Å². The molecular weight excluding hydrogens is 602 g/mol. The van der Waals surface area contributed by atoms with Crippen LogP contribution in [-0.2, 0) is 19.6 Å². The number of hydrogen-bond acceptors (Lipinski definition) is 6. The van der Waals surface area contributed by atoms with Gasteiger partial charge in [-0.05, 0) is 66.1 Å². The fourth-order valence-corrected chi connectivity index (χ4v) is 5.66. The second-order valence-electron chi connectivity index (χ2n) is 9.21. The van der Waals surface area contributed by atoms with Gasteiger partial charge in [-0.15, -0.1) is 0 Å². The Hall–Kier alpha value is -3.61. The summed E-state index contributed by atoms with van der Waals surface area (Å²) in [5, 5.41) is 23.7. The van der Waals surface area contributed by atoms with Crippen LogP contribution in [0.25, 0.3) is 11.1 Å². The Morgan fingerprint density at radius 1 is 0.975 bits per heavy atom. The van der Waals surface area contributed by atoms with Gasteiger partial charge in [0.15, 0.2) is 0 Å².